The number of hydrogen-bond donors (Lipinski definition) is 1. The average Bonchev–Trinajstić information content (AvgIpc) is 2.89. The Kier molecular flexibility index (Phi) is 5.40. The van der Waals surface area contributed by atoms with Crippen molar-refractivity contribution in [2.24, 2.45) is 0 Å². The predicted molar refractivity (Wildman–Crippen MR) is 105 cm³/mol. The molecule has 0 saturated carbocycles. The zero-order valence-corrected chi connectivity index (χ0v) is 14.5. The lowest BCUT2D eigenvalue weighted by Crippen LogP contribution is -2.08. The SMILES string of the molecule is Cc1ccc(/C=C/c2c(C)ncnc2NCC2=CC=C=CC=C2)cc1. The van der Waals surface area contributed by atoms with Crippen LogP contribution in [0, 0.1) is 13.8 Å². The second-order valence-corrected chi connectivity index (χ2v) is 5.92. The highest BCUT2D eigenvalue weighted by molar-refractivity contribution is 5.76. The first-order valence-electron chi connectivity index (χ1n) is 8.31. The molecule has 1 aromatic carbocycles. The third kappa shape index (κ3) is 4.66. The zero-order chi connectivity index (χ0) is 17.5. The first kappa shape index (κ1) is 16.7. The van der Waals surface area contributed by atoms with Crippen molar-refractivity contribution in [2.45, 2.75) is 13.8 Å². The van der Waals surface area contributed by atoms with E-state index in [4.69, 9.17) is 0 Å². The fourth-order valence-electron chi connectivity index (χ4n) is 2.48. The van der Waals surface area contributed by atoms with E-state index < -0.39 is 0 Å². The molecule has 1 aliphatic carbocycles. The second kappa shape index (κ2) is 8.09. The van der Waals surface area contributed by atoms with E-state index in [1.165, 1.54) is 11.1 Å². The minimum Gasteiger partial charge on any atom is -0.365 e. The first-order chi connectivity index (χ1) is 12.2. The molecular formula is C22H21N3. The smallest absolute Gasteiger partial charge is 0.137 e. The molecule has 25 heavy (non-hydrogen) atoms. The van der Waals surface area contributed by atoms with E-state index in [0.717, 1.165) is 22.6 Å². The molecule has 0 radical (unpaired) electrons. The van der Waals surface area contributed by atoms with Gasteiger partial charge >= 0.3 is 0 Å². The Bertz CT molecular complexity index is 893. The van der Waals surface area contributed by atoms with E-state index in [2.05, 4.69) is 70.4 Å². The van der Waals surface area contributed by atoms with Crippen molar-refractivity contribution in [3.8, 4) is 0 Å². The van der Waals surface area contributed by atoms with Gasteiger partial charge in [0.2, 0.25) is 0 Å². The van der Waals surface area contributed by atoms with Gasteiger partial charge < -0.3 is 5.32 Å². The van der Waals surface area contributed by atoms with Gasteiger partial charge in [-0.2, -0.15) is 0 Å². The highest BCUT2D eigenvalue weighted by Gasteiger charge is 2.05. The molecule has 1 heterocycles. The van der Waals surface area contributed by atoms with Gasteiger partial charge in [0.25, 0.3) is 0 Å². The number of aromatic nitrogens is 2. The average molecular weight is 327 g/mol. The lowest BCUT2D eigenvalue weighted by Gasteiger charge is -2.10. The molecule has 2 aromatic rings. The maximum absolute atomic E-state index is 4.42. The van der Waals surface area contributed by atoms with E-state index >= 15 is 0 Å². The van der Waals surface area contributed by atoms with E-state index in [-0.39, 0.29) is 0 Å². The summed E-state index contributed by atoms with van der Waals surface area (Å²) in [6, 6.07) is 8.44. The van der Waals surface area contributed by atoms with Crippen LogP contribution in [0.4, 0.5) is 5.82 Å². The van der Waals surface area contributed by atoms with Gasteiger partial charge in [-0.1, -0.05) is 48.1 Å². The molecule has 1 aliphatic rings. The number of aryl methyl sites for hydroxylation is 2. The molecule has 0 spiro atoms. The monoisotopic (exact) mass is 327 g/mol. The Morgan fingerprint density at radius 2 is 1.88 bits per heavy atom. The van der Waals surface area contributed by atoms with Crippen LogP contribution in [-0.4, -0.2) is 16.5 Å². The summed E-state index contributed by atoms with van der Waals surface area (Å²) in [4.78, 5) is 8.74. The summed E-state index contributed by atoms with van der Waals surface area (Å²) >= 11 is 0. The Morgan fingerprint density at radius 3 is 2.72 bits per heavy atom. The van der Waals surface area contributed by atoms with E-state index in [9.17, 15) is 0 Å². The van der Waals surface area contributed by atoms with Gasteiger partial charge in [-0.25, -0.2) is 9.97 Å². The van der Waals surface area contributed by atoms with Crippen molar-refractivity contribution in [3.05, 3.63) is 94.7 Å². The summed E-state index contributed by atoms with van der Waals surface area (Å²) < 4.78 is 0. The highest BCUT2D eigenvalue weighted by Crippen LogP contribution is 2.19. The van der Waals surface area contributed by atoms with Gasteiger partial charge in [-0.15, -0.1) is 5.73 Å². The number of allylic oxidation sites excluding steroid dienone is 3. The molecule has 0 bridgehead atoms. The molecule has 3 nitrogen and oxygen atoms in total. The quantitative estimate of drug-likeness (QED) is 0.795. The number of anilines is 1. The molecule has 124 valence electrons. The summed E-state index contributed by atoms with van der Waals surface area (Å²) in [5.74, 6) is 0.839. The van der Waals surface area contributed by atoms with Crippen LogP contribution in [0.15, 0.2) is 72.3 Å². The van der Waals surface area contributed by atoms with Crippen LogP contribution in [0.2, 0.25) is 0 Å². The third-order valence-electron chi connectivity index (χ3n) is 3.96. The number of benzene rings is 1. The fourth-order valence-corrected chi connectivity index (χ4v) is 2.48. The minimum atomic E-state index is 0.699. The maximum atomic E-state index is 4.42. The van der Waals surface area contributed by atoms with Crippen LogP contribution in [0.3, 0.4) is 0 Å². The lowest BCUT2D eigenvalue weighted by atomic mass is 10.1. The molecule has 3 heteroatoms. The Balaban J connectivity index is 1.78. The molecule has 3 rings (SSSR count). The molecule has 1 aromatic heterocycles. The highest BCUT2D eigenvalue weighted by atomic mass is 15.0. The summed E-state index contributed by atoms with van der Waals surface area (Å²) in [7, 11) is 0. The normalized spacial score (nSPS) is 13.1. The van der Waals surface area contributed by atoms with Crippen molar-refractivity contribution in [2.75, 3.05) is 11.9 Å². The first-order valence-corrected chi connectivity index (χ1v) is 8.31. The van der Waals surface area contributed by atoms with Gasteiger partial charge in [0.05, 0.1) is 5.69 Å². The van der Waals surface area contributed by atoms with E-state index in [0.29, 0.717) is 6.54 Å². The van der Waals surface area contributed by atoms with Crippen LogP contribution in [0.1, 0.15) is 22.4 Å². The standard InChI is InChI=1S/C22H21N3/c1-17-9-11-19(12-10-17)13-14-21-18(2)24-16-25-22(21)23-15-20-7-5-3-4-6-8-20/h3,5-14,16H,15H2,1-2H3,(H,23,24,25)/b14-13+. The lowest BCUT2D eigenvalue weighted by molar-refractivity contribution is 1.07. The third-order valence-corrected chi connectivity index (χ3v) is 3.96. The minimum absolute atomic E-state index is 0.699. The molecule has 0 atom stereocenters. The zero-order valence-electron chi connectivity index (χ0n) is 14.5. The molecule has 0 aliphatic heterocycles. The number of nitrogens with one attached hydrogen (secondary N) is 1. The van der Waals surface area contributed by atoms with E-state index in [1.54, 1.807) is 6.33 Å². The van der Waals surface area contributed by atoms with Gasteiger partial charge in [0.15, 0.2) is 0 Å². The summed E-state index contributed by atoms with van der Waals surface area (Å²) in [6.45, 7) is 4.79. The Hall–Kier alpha value is -3.16. The molecular weight excluding hydrogens is 306 g/mol. The molecule has 0 saturated heterocycles. The van der Waals surface area contributed by atoms with E-state index in [1.807, 2.05) is 31.2 Å². The summed E-state index contributed by atoms with van der Waals surface area (Å²) in [6.07, 6.45) is 15.7. The molecule has 0 amide bonds. The summed E-state index contributed by atoms with van der Waals surface area (Å²) in [5, 5.41) is 3.41. The van der Waals surface area contributed by atoms with Crippen LogP contribution in [-0.2, 0) is 0 Å². The van der Waals surface area contributed by atoms with Gasteiger partial charge in [-0.3, -0.25) is 0 Å². The van der Waals surface area contributed by atoms with Crippen molar-refractivity contribution in [3.63, 3.8) is 0 Å². The Labute approximate surface area is 148 Å². The van der Waals surface area contributed by atoms with Crippen LogP contribution >= 0.6 is 0 Å². The van der Waals surface area contributed by atoms with Gasteiger partial charge in [-0.05, 0) is 49.3 Å². The molecule has 1 N–H and O–H groups in total. The molecule has 0 unspecified atom stereocenters. The fraction of sp³-hybridized carbons (Fsp3) is 0.136. The van der Waals surface area contributed by atoms with Crippen molar-refractivity contribution in [1.82, 2.24) is 9.97 Å². The van der Waals surface area contributed by atoms with Gasteiger partial charge in [0, 0.05) is 12.1 Å². The van der Waals surface area contributed by atoms with Gasteiger partial charge in [0.1, 0.15) is 12.1 Å². The largest absolute Gasteiger partial charge is 0.365 e. The number of rotatable bonds is 5. The maximum Gasteiger partial charge on any atom is 0.137 e. The number of hydrogen-bond acceptors (Lipinski definition) is 3. The topological polar surface area (TPSA) is 37.8 Å². The summed E-state index contributed by atoms with van der Waals surface area (Å²) in [5.41, 5.74) is 8.61. The van der Waals surface area contributed by atoms with Crippen molar-refractivity contribution >= 4 is 18.0 Å². The van der Waals surface area contributed by atoms with Crippen LogP contribution < -0.4 is 5.32 Å². The second-order valence-electron chi connectivity index (χ2n) is 5.92. The van der Waals surface area contributed by atoms with Crippen LogP contribution in [0.5, 0.6) is 0 Å². The van der Waals surface area contributed by atoms with Crippen molar-refractivity contribution in [1.29, 1.82) is 0 Å². The van der Waals surface area contributed by atoms with Crippen LogP contribution in [0.25, 0.3) is 12.2 Å². The predicted octanol–water partition coefficient (Wildman–Crippen LogP) is 4.88. The number of nitrogens with zero attached hydrogens (tertiary/aromatic N) is 2. The Morgan fingerprint density at radius 1 is 1.04 bits per heavy atom. The molecule has 0 fully saturated rings. The van der Waals surface area contributed by atoms with Crippen molar-refractivity contribution < 1.29 is 0 Å².